The van der Waals surface area contributed by atoms with Gasteiger partial charge in [-0.25, -0.2) is 0 Å². The van der Waals surface area contributed by atoms with Crippen molar-refractivity contribution in [3.05, 3.63) is 34.4 Å². The van der Waals surface area contributed by atoms with Crippen molar-refractivity contribution in [3.8, 4) is 5.75 Å². The summed E-state index contributed by atoms with van der Waals surface area (Å²) < 4.78 is 10.5. The van der Waals surface area contributed by atoms with E-state index in [2.05, 4.69) is 0 Å². The molecule has 80 valence electrons. The summed E-state index contributed by atoms with van der Waals surface area (Å²) in [4.78, 5) is 0. The molecule has 0 unspecified atom stereocenters. The second-order valence-corrected chi connectivity index (χ2v) is 3.64. The summed E-state index contributed by atoms with van der Waals surface area (Å²) in [7, 11) is 0. The lowest BCUT2D eigenvalue weighted by Crippen LogP contribution is -2.11. The van der Waals surface area contributed by atoms with Crippen LogP contribution >= 0.6 is 11.6 Å². The van der Waals surface area contributed by atoms with Gasteiger partial charge in [-0.1, -0.05) is 23.8 Å². The first-order valence-corrected chi connectivity index (χ1v) is 5.08. The summed E-state index contributed by atoms with van der Waals surface area (Å²) in [6, 6.07) is 3.78. The number of hydrogen-bond acceptors (Lipinski definition) is 3. The topological polar surface area (TPSA) is 44.5 Å². The third kappa shape index (κ3) is 2.31. The van der Waals surface area contributed by atoms with Crippen molar-refractivity contribution in [2.75, 3.05) is 13.3 Å². The Hall–Kier alpha value is -1.03. The van der Waals surface area contributed by atoms with Gasteiger partial charge in [-0.15, -0.1) is 0 Å². The Bertz CT molecular complexity index is 390. The standard InChI is InChI=1S/C11H12ClNO2/c12-10-4-9-6-14-7-15-11(9)5-8(10)2-1-3-13/h1-2,4-5H,3,6-7,13H2/b2-1+. The minimum atomic E-state index is 0.300. The molecular weight excluding hydrogens is 214 g/mol. The quantitative estimate of drug-likeness (QED) is 0.839. The monoisotopic (exact) mass is 225 g/mol. The first-order chi connectivity index (χ1) is 7.31. The molecule has 1 heterocycles. The van der Waals surface area contributed by atoms with Crippen LogP contribution in [-0.4, -0.2) is 13.3 Å². The van der Waals surface area contributed by atoms with Crippen LogP contribution in [0.4, 0.5) is 0 Å². The molecule has 3 nitrogen and oxygen atoms in total. The number of fused-ring (bicyclic) bond motifs is 1. The number of halogens is 1. The second kappa shape index (κ2) is 4.66. The molecule has 2 N–H and O–H groups in total. The summed E-state index contributed by atoms with van der Waals surface area (Å²) in [6.45, 7) is 1.35. The SMILES string of the molecule is NC/C=C/c1cc2c(cc1Cl)COCO2. The summed E-state index contributed by atoms with van der Waals surface area (Å²) in [5.74, 6) is 0.835. The lowest BCUT2D eigenvalue weighted by molar-refractivity contribution is -0.0163. The van der Waals surface area contributed by atoms with Crippen LogP contribution in [0.1, 0.15) is 11.1 Å². The molecule has 4 heteroatoms. The van der Waals surface area contributed by atoms with E-state index in [4.69, 9.17) is 26.8 Å². The van der Waals surface area contributed by atoms with Crippen LogP contribution in [0.5, 0.6) is 5.75 Å². The maximum absolute atomic E-state index is 6.09. The zero-order chi connectivity index (χ0) is 10.7. The van der Waals surface area contributed by atoms with Gasteiger partial charge in [0.2, 0.25) is 0 Å². The van der Waals surface area contributed by atoms with Gasteiger partial charge in [0.15, 0.2) is 6.79 Å². The van der Waals surface area contributed by atoms with Crippen LogP contribution in [0.2, 0.25) is 5.02 Å². The van der Waals surface area contributed by atoms with Gasteiger partial charge in [0.1, 0.15) is 5.75 Å². The van der Waals surface area contributed by atoms with Crippen molar-refractivity contribution < 1.29 is 9.47 Å². The summed E-state index contributed by atoms with van der Waals surface area (Å²) >= 11 is 6.09. The molecule has 15 heavy (non-hydrogen) atoms. The summed E-state index contributed by atoms with van der Waals surface area (Å²) in [6.07, 6.45) is 3.74. The molecule has 1 aromatic carbocycles. The van der Waals surface area contributed by atoms with Crippen LogP contribution in [0.15, 0.2) is 18.2 Å². The summed E-state index contributed by atoms with van der Waals surface area (Å²) in [5.41, 5.74) is 7.28. The van der Waals surface area contributed by atoms with Gasteiger partial charge in [-0.3, -0.25) is 0 Å². The molecule has 0 fully saturated rings. The van der Waals surface area contributed by atoms with E-state index in [1.165, 1.54) is 0 Å². The third-order valence-corrected chi connectivity index (χ3v) is 2.50. The smallest absolute Gasteiger partial charge is 0.189 e. The van der Waals surface area contributed by atoms with Crippen molar-refractivity contribution in [1.82, 2.24) is 0 Å². The predicted molar refractivity (Wildman–Crippen MR) is 59.8 cm³/mol. The van der Waals surface area contributed by atoms with E-state index < -0.39 is 0 Å². The van der Waals surface area contributed by atoms with Crippen molar-refractivity contribution in [1.29, 1.82) is 0 Å². The molecule has 0 spiro atoms. The molecule has 0 aliphatic carbocycles. The molecule has 0 aromatic heterocycles. The van der Waals surface area contributed by atoms with E-state index >= 15 is 0 Å². The highest BCUT2D eigenvalue weighted by Gasteiger charge is 2.12. The summed E-state index contributed by atoms with van der Waals surface area (Å²) in [5, 5.41) is 0.688. The number of nitrogens with two attached hydrogens (primary N) is 1. The number of ether oxygens (including phenoxy) is 2. The van der Waals surface area contributed by atoms with E-state index in [9.17, 15) is 0 Å². The molecule has 0 radical (unpaired) electrons. The molecule has 0 amide bonds. The van der Waals surface area contributed by atoms with Gasteiger partial charge in [-0.2, -0.15) is 0 Å². The first-order valence-electron chi connectivity index (χ1n) is 4.71. The maximum Gasteiger partial charge on any atom is 0.189 e. The minimum absolute atomic E-state index is 0.300. The van der Waals surface area contributed by atoms with Crippen LogP contribution in [0, 0.1) is 0 Å². The van der Waals surface area contributed by atoms with Gasteiger partial charge < -0.3 is 15.2 Å². The molecule has 0 saturated carbocycles. The van der Waals surface area contributed by atoms with E-state index in [1.54, 1.807) is 0 Å². The van der Waals surface area contributed by atoms with Gasteiger partial charge in [0.05, 0.1) is 6.61 Å². The average Bonchev–Trinajstić information content (AvgIpc) is 2.26. The fourth-order valence-electron chi connectivity index (χ4n) is 1.44. The van der Waals surface area contributed by atoms with Crippen LogP contribution in [0.3, 0.4) is 0 Å². The van der Waals surface area contributed by atoms with E-state index in [0.29, 0.717) is 25.0 Å². The molecule has 0 atom stereocenters. The molecule has 1 aliphatic heterocycles. The van der Waals surface area contributed by atoms with Crippen molar-refractivity contribution in [2.45, 2.75) is 6.61 Å². The fraction of sp³-hybridized carbons (Fsp3) is 0.273. The Morgan fingerprint density at radius 2 is 2.33 bits per heavy atom. The van der Waals surface area contributed by atoms with E-state index in [1.807, 2.05) is 24.3 Å². The largest absolute Gasteiger partial charge is 0.467 e. The highest BCUT2D eigenvalue weighted by atomic mass is 35.5. The minimum Gasteiger partial charge on any atom is -0.467 e. The van der Waals surface area contributed by atoms with Crippen molar-refractivity contribution in [3.63, 3.8) is 0 Å². The molecule has 0 saturated heterocycles. The molecule has 0 bridgehead atoms. The Morgan fingerprint density at radius 3 is 3.13 bits per heavy atom. The van der Waals surface area contributed by atoms with E-state index in [-0.39, 0.29) is 0 Å². The Balaban J connectivity index is 2.36. The van der Waals surface area contributed by atoms with Crippen molar-refractivity contribution in [2.24, 2.45) is 5.73 Å². The van der Waals surface area contributed by atoms with Gasteiger partial charge in [0.25, 0.3) is 0 Å². The Morgan fingerprint density at radius 1 is 1.47 bits per heavy atom. The lowest BCUT2D eigenvalue weighted by Gasteiger charge is -2.18. The van der Waals surface area contributed by atoms with Crippen LogP contribution < -0.4 is 10.5 Å². The highest BCUT2D eigenvalue weighted by molar-refractivity contribution is 6.32. The molecular formula is C11H12ClNO2. The molecule has 2 rings (SSSR count). The molecule has 1 aliphatic rings. The van der Waals surface area contributed by atoms with Crippen LogP contribution in [0.25, 0.3) is 6.08 Å². The van der Waals surface area contributed by atoms with Crippen molar-refractivity contribution >= 4 is 17.7 Å². The normalized spacial score (nSPS) is 15.1. The maximum atomic E-state index is 6.09. The first kappa shape index (κ1) is 10.5. The predicted octanol–water partition coefficient (Wildman–Crippen LogP) is 2.18. The fourth-order valence-corrected chi connectivity index (χ4v) is 1.69. The Kier molecular flexibility index (Phi) is 3.26. The molecule has 1 aromatic rings. The zero-order valence-electron chi connectivity index (χ0n) is 8.20. The second-order valence-electron chi connectivity index (χ2n) is 3.23. The zero-order valence-corrected chi connectivity index (χ0v) is 8.96. The van der Waals surface area contributed by atoms with Crippen LogP contribution in [-0.2, 0) is 11.3 Å². The van der Waals surface area contributed by atoms with E-state index in [0.717, 1.165) is 16.9 Å². The Labute approximate surface area is 93.4 Å². The van der Waals surface area contributed by atoms with Gasteiger partial charge in [0, 0.05) is 17.1 Å². The number of benzene rings is 1. The lowest BCUT2D eigenvalue weighted by atomic mass is 10.1. The highest BCUT2D eigenvalue weighted by Crippen LogP contribution is 2.30. The van der Waals surface area contributed by atoms with Gasteiger partial charge >= 0.3 is 0 Å². The number of rotatable bonds is 2. The average molecular weight is 226 g/mol. The number of hydrogen-bond donors (Lipinski definition) is 1. The van der Waals surface area contributed by atoms with Gasteiger partial charge in [-0.05, 0) is 17.7 Å². The third-order valence-electron chi connectivity index (χ3n) is 2.17.